The van der Waals surface area contributed by atoms with Gasteiger partial charge in [0.2, 0.25) is 11.8 Å². The quantitative estimate of drug-likeness (QED) is 0.756. The van der Waals surface area contributed by atoms with Crippen LogP contribution in [0.15, 0.2) is 54.6 Å². The Morgan fingerprint density at radius 1 is 1.00 bits per heavy atom. The van der Waals surface area contributed by atoms with Crippen molar-refractivity contribution < 1.29 is 9.59 Å². The van der Waals surface area contributed by atoms with Crippen LogP contribution >= 0.6 is 0 Å². The second-order valence-electron chi connectivity index (χ2n) is 8.91. The van der Waals surface area contributed by atoms with Crippen molar-refractivity contribution in [2.45, 2.75) is 44.1 Å². The maximum absolute atomic E-state index is 13.5. The van der Waals surface area contributed by atoms with E-state index >= 15 is 0 Å². The van der Waals surface area contributed by atoms with Crippen molar-refractivity contribution in [3.05, 3.63) is 65.7 Å². The molecule has 0 bridgehead atoms. The minimum atomic E-state index is -0.548. The second-order valence-corrected chi connectivity index (χ2v) is 8.91. The van der Waals surface area contributed by atoms with Gasteiger partial charge in [-0.1, -0.05) is 30.3 Å². The molecule has 1 saturated heterocycles. The minimum absolute atomic E-state index is 0.0301. The number of benzene rings is 2. The van der Waals surface area contributed by atoms with E-state index in [1.165, 1.54) is 0 Å². The van der Waals surface area contributed by atoms with E-state index in [0.29, 0.717) is 30.3 Å². The van der Waals surface area contributed by atoms with Gasteiger partial charge in [0, 0.05) is 24.1 Å². The van der Waals surface area contributed by atoms with Crippen molar-refractivity contribution >= 4 is 17.5 Å². The average molecular weight is 431 g/mol. The van der Waals surface area contributed by atoms with Crippen molar-refractivity contribution in [1.82, 2.24) is 4.90 Å². The van der Waals surface area contributed by atoms with Gasteiger partial charge in [0.05, 0.1) is 11.6 Å². The Bertz CT molecular complexity index is 975. The number of rotatable bonds is 5. The lowest BCUT2D eigenvalue weighted by Crippen LogP contribution is -2.48. The van der Waals surface area contributed by atoms with Gasteiger partial charge < -0.3 is 16.0 Å². The van der Waals surface area contributed by atoms with Gasteiger partial charge in [-0.15, -0.1) is 0 Å². The third-order valence-electron chi connectivity index (χ3n) is 6.99. The summed E-state index contributed by atoms with van der Waals surface area (Å²) in [6.07, 6.45) is 4.41. The fourth-order valence-electron chi connectivity index (χ4n) is 5.14. The number of carbonyl (C=O) groups is 2. The van der Waals surface area contributed by atoms with E-state index in [2.05, 4.69) is 11.4 Å². The van der Waals surface area contributed by atoms with E-state index in [-0.39, 0.29) is 23.7 Å². The standard InChI is InChI=1S/C26H30N4O2/c27-16-18-6-10-21(11-7-18)26(32)30-15-14-23(20-4-2-1-3-5-20)24(30)25(31)29-22-12-8-19(17-28)9-13-22/h1-5,8-9,12-13,18,21,23-24H,6-7,10-11,14-16,27H2,(H,29,31)/t18?,21?,23-,24-/m0/s1. The maximum atomic E-state index is 13.5. The number of nitriles is 1. The molecule has 0 spiro atoms. The summed E-state index contributed by atoms with van der Waals surface area (Å²) < 4.78 is 0. The highest BCUT2D eigenvalue weighted by atomic mass is 16.2. The molecular weight excluding hydrogens is 400 g/mol. The van der Waals surface area contributed by atoms with Crippen LogP contribution in [0.3, 0.4) is 0 Å². The Labute approximate surface area is 189 Å². The van der Waals surface area contributed by atoms with Gasteiger partial charge in [0.25, 0.3) is 0 Å². The minimum Gasteiger partial charge on any atom is -0.330 e. The first-order valence-corrected chi connectivity index (χ1v) is 11.5. The molecule has 1 heterocycles. The highest BCUT2D eigenvalue weighted by molar-refractivity contribution is 5.98. The van der Waals surface area contributed by atoms with Crippen LogP contribution in [0.1, 0.15) is 49.1 Å². The molecule has 6 nitrogen and oxygen atoms in total. The summed E-state index contributed by atoms with van der Waals surface area (Å²) in [6.45, 7) is 1.26. The molecule has 2 atom stereocenters. The summed E-state index contributed by atoms with van der Waals surface area (Å²) in [6, 6.07) is 18.3. The zero-order chi connectivity index (χ0) is 22.5. The molecule has 2 aromatic rings. The number of anilines is 1. The molecule has 32 heavy (non-hydrogen) atoms. The topological polar surface area (TPSA) is 99.2 Å². The normalized spacial score (nSPS) is 25.2. The van der Waals surface area contributed by atoms with E-state index in [4.69, 9.17) is 11.0 Å². The lowest BCUT2D eigenvalue weighted by Gasteiger charge is -2.33. The SMILES string of the molecule is N#Cc1ccc(NC(=O)[C@@H]2[C@H](c3ccccc3)CCN2C(=O)C2CCC(CN)CC2)cc1. The number of hydrogen-bond acceptors (Lipinski definition) is 4. The Morgan fingerprint density at radius 3 is 2.31 bits per heavy atom. The molecule has 2 aliphatic rings. The van der Waals surface area contributed by atoms with Gasteiger partial charge in [-0.25, -0.2) is 0 Å². The Hall–Kier alpha value is -3.17. The number of carbonyl (C=O) groups excluding carboxylic acids is 2. The van der Waals surface area contributed by atoms with E-state index in [0.717, 1.165) is 37.7 Å². The Morgan fingerprint density at radius 2 is 1.69 bits per heavy atom. The molecule has 1 saturated carbocycles. The van der Waals surface area contributed by atoms with Crippen LogP contribution in [-0.4, -0.2) is 35.8 Å². The van der Waals surface area contributed by atoms with Crippen molar-refractivity contribution in [2.75, 3.05) is 18.4 Å². The van der Waals surface area contributed by atoms with Gasteiger partial charge in [0.15, 0.2) is 0 Å². The van der Waals surface area contributed by atoms with Crippen LogP contribution in [0.4, 0.5) is 5.69 Å². The lowest BCUT2D eigenvalue weighted by atomic mass is 9.81. The first kappa shape index (κ1) is 22.0. The van der Waals surface area contributed by atoms with Crippen molar-refractivity contribution in [1.29, 1.82) is 5.26 Å². The van der Waals surface area contributed by atoms with Crippen LogP contribution < -0.4 is 11.1 Å². The van der Waals surface area contributed by atoms with Crippen LogP contribution in [0.5, 0.6) is 0 Å². The zero-order valence-corrected chi connectivity index (χ0v) is 18.2. The predicted octanol–water partition coefficient (Wildman–Crippen LogP) is 3.65. The molecule has 1 aliphatic heterocycles. The first-order valence-electron chi connectivity index (χ1n) is 11.5. The summed E-state index contributed by atoms with van der Waals surface area (Å²) in [4.78, 5) is 28.8. The van der Waals surface area contributed by atoms with E-state index in [9.17, 15) is 9.59 Å². The van der Waals surface area contributed by atoms with Crippen LogP contribution in [0.25, 0.3) is 0 Å². The largest absolute Gasteiger partial charge is 0.330 e. The number of amides is 2. The lowest BCUT2D eigenvalue weighted by molar-refractivity contribution is -0.141. The molecule has 1 aliphatic carbocycles. The maximum Gasteiger partial charge on any atom is 0.247 e. The smallest absolute Gasteiger partial charge is 0.247 e. The molecule has 0 radical (unpaired) electrons. The third kappa shape index (κ3) is 4.68. The molecule has 2 aromatic carbocycles. The number of nitrogens with zero attached hydrogens (tertiary/aromatic N) is 2. The fraction of sp³-hybridized carbons (Fsp3) is 0.423. The number of likely N-dealkylation sites (tertiary alicyclic amines) is 1. The molecular formula is C26H30N4O2. The molecule has 2 fully saturated rings. The number of hydrogen-bond donors (Lipinski definition) is 2. The van der Waals surface area contributed by atoms with Gasteiger partial charge in [-0.3, -0.25) is 9.59 Å². The first-order chi connectivity index (χ1) is 15.6. The highest BCUT2D eigenvalue weighted by Crippen LogP contribution is 2.37. The summed E-state index contributed by atoms with van der Waals surface area (Å²) >= 11 is 0. The predicted molar refractivity (Wildman–Crippen MR) is 124 cm³/mol. The van der Waals surface area contributed by atoms with Crippen molar-refractivity contribution in [2.24, 2.45) is 17.6 Å². The molecule has 4 rings (SSSR count). The van der Waals surface area contributed by atoms with Crippen LogP contribution in [0, 0.1) is 23.2 Å². The zero-order valence-electron chi connectivity index (χ0n) is 18.2. The van der Waals surface area contributed by atoms with Gasteiger partial charge in [-0.2, -0.15) is 5.26 Å². The molecule has 0 aromatic heterocycles. The average Bonchev–Trinajstić information content (AvgIpc) is 3.30. The highest BCUT2D eigenvalue weighted by Gasteiger charge is 2.44. The van der Waals surface area contributed by atoms with Crippen molar-refractivity contribution in [3.8, 4) is 6.07 Å². The molecule has 2 amide bonds. The van der Waals surface area contributed by atoms with E-state index in [1.807, 2.05) is 35.2 Å². The Balaban J connectivity index is 1.55. The summed E-state index contributed by atoms with van der Waals surface area (Å²) in [7, 11) is 0. The van der Waals surface area contributed by atoms with Crippen LogP contribution in [0.2, 0.25) is 0 Å². The molecule has 3 N–H and O–H groups in total. The van der Waals surface area contributed by atoms with Gasteiger partial charge >= 0.3 is 0 Å². The van der Waals surface area contributed by atoms with Gasteiger partial charge in [-0.05, 0) is 74.4 Å². The molecule has 166 valence electrons. The van der Waals surface area contributed by atoms with E-state index in [1.54, 1.807) is 24.3 Å². The van der Waals surface area contributed by atoms with Crippen molar-refractivity contribution in [3.63, 3.8) is 0 Å². The second kappa shape index (κ2) is 9.97. The van der Waals surface area contributed by atoms with Gasteiger partial charge in [0.1, 0.15) is 6.04 Å². The summed E-state index contributed by atoms with van der Waals surface area (Å²) in [5, 5.41) is 12.0. The number of nitrogens with two attached hydrogens (primary N) is 1. The van der Waals surface area contributed by atoms with E-state index < -0.39 is 6.04 Å². The summed E-state index contributed by atoms with van der Waals surface area (Å²) in [5.74, 6) is 0.352. The Kier molecular flexibility index (Phi) is 6.87. The third-order valence-corrected chi connectivity index (χ3v) is 6.99. The monoisotopic (exact) mass is 430 g/mol. The summed E-state index contributed by atoms with van der Waals surface area (Å²) in [5.41, 5.74) is 8.06. The fourth-order valence-corrected chi connectivity index (χ4v) is 5.14. The van der Waals surface area contributed by atoms with Crippen LogP contribution in [-0.2, 0) is 9.59 Å². The molecule has 6 heteroatoms. The molecule has 0 unspecified atom stereocenters. The number of nitrogens with one attached hydrogen (secondary N) is 1.